The summed E-state index contributed by atoms with van der Waals surface area (Å²) in [6, 6.07) is 0. The van der Waals surface area contributed by atoms with Crippen molar-refractivity contribution in [1.29, 1.82) is 0 Å². The number of aliphatic hydroxyl groups excluding tert-OH is 1. The van der Waals surface area contributed by atoms with Gasteiger partial charge in [0.05, 0.1) is 6.10 Å². The predicted molar refractivity (Wildman–Crippen MR) is 72.5 cm³/mol. The molecule has 0 radical (unpaired) electrons. The highest BCUT2D eigenvalue weighted by Crippen LogP contribution is 2.42. The standard InChI is InChI=1S/C16H24O3/c1-10-13-8-7-12(17)9-14(13)19-16(18)15(10)11-5-3-2-4-6-11/h11-14,17H,2-9H2,1H3. The second-order valence-corrected chi connectivity index (χ2v) is 6.45. The van der Waals surface area contributed by atoms with Crippen LogP contribution in [0.4, 0.5) is 0 Å². The average molecular weight is 264 g/mol. The summed E-state index contributed by atoms with van der Waals surface area (Å²) in [4.78, 5) is 12.3. The molecule has 19 heavy (non-hydrogen) atoms. The second-order valence-electron chi connectivity index (χ2n) is 6.45. The van der Waals surface area contributed by atoms with Crippen LogP contribution in [-0.2, 0) is 9.53 Å². The van der Waals surface area contributed by atoms with E-state index in [9.17, 15) is 9.90 Å². The lowest BCUT2D eigenvalue weighted by molar-refractivity contribution is -0.153. The number of rotatable bonds is 1. The van der Waals surface area contributed by atoms with Gasteiger partial charge in [-0.05, 0) is 38.5 Å². The first-order valence-electron chi connectivity index (χ1n) is 7.76. The van der Waals surface area contributed by atoms with Crippen LogP contribution in [0.3, 0.4) is 0 Å². The van der Waals surface area contributed by atoms with Crippen molar-refractivity contribution in [2.45, 2.75) is 70.5 Å². The molecule has 0 spiro atoms. The van der Waals surface area contributed by atoms with E-state index < -0.39 is 0 Å². The highest BCUT2D eigenvalue weighted by molar-refractivity contribution is 5.91. The number of fused-ring (bicyclic) bond motifs is 1. The number of carbonyl (C=O) groups excluding carboxylic acids is 1. The zero-order valence-electron chi connectivity index (χ0n) is 11.7. The molecule has 0 aromatic heterocycles. The second kappa shape index (κ2) is 5.28. The molecule has 2 saturated carbocycles. The molecular weight excluding hydrogens is 240 g/mol. The lowest BCUT2D eigenvalue weighted by Gasteiger charge is -2.40. The summed E-state index contributed by atoms with van der Waals surface area (Å²) < 4.78 is 5.64. The van der Waals surface area contributed by atoms with Gasteiger partial charge in [-0.25, -0.2) is 4.79 Å². The molecule has 3 atom stereocenters. The number of carbonyl (C=O) groups is 1. The van der Waals surface area contributed by atoms with E-state index in [1.807, 2.05) is 0 Å². The SMILES string of the molecule is CC1=C(C2CCCCC2)C(=O)OC2CC(O)CCC12. The zero-order valence-corrected chi connectivity index (χ0v) is 11.7. The first kappa shape index (κ1) is 13.2. The first-order valence-corrected chi connectivity index (χ1v) is 7.76. The Morgan fingerprint density at radius 2 is 1.84 bits per heavy atom. The van der Waals surface area contributed by atoms with Crippen LogP contribution in [0.25, 0.3) is 0 Å². The van der Waals surface area contributed by atoms with Gasteiger partial charge in [-0.3, -0.25) is 0 Å². The Bertz CT molecular complexity index is 393. The van der Waals surface area contributed by atoms with Crippen LogP contribution < -0.4 is 0 Å². The van der Waals surface area contributed by atoms with E-state index in [2.05, 4.69) is 6.92 Å². The van der Waals surface area contributed by atoms with Gasteiger partial charge >= 0.3 is 5.97 Å². The largest absolute Gasteiger partial charge is 0.458 e. The molecule has 2 fully saturated rings. The van der Waals surface area contributed by atoms with Crippen molar-refractivity contribution in [2.75, 3.05) is 0 Å². The fourth-order valence-electron chi connectivity index (χ4n) is 4.18. The Morgan fingerprint density at radius 1 is 1.11 bits per heavy atom. The van der Waals surface area contributed by atoms with E-state index in [1.54, 1.807) is 0 Å². The van der Waals surface area contributed by atoms with Crippen LogP contribution in [0.1, 0.15) is 58.3 Å². The monoisotopic (exact) mass is 264 g/mol. The van der Waals surface area contributed by atoms with Crippen LogP contribution in [-0.4, -0.2) is 23.3 Å². The zero-order chi connectivity index (χ0) is 13.4. The maximum Gasteiger partial charge on any atom is 0.334 e. The van der Waals surface area contributed by atoms with Crippen molar-refractivity contribution in [2.24, 2.45) is 11.8 Å². The molecule has 3 aliphatic rings. The Labute approximate surface area is 115 Å². The minimum absolute atomic E-state index is 0.0800. The Morgan fingerprint density at radius 3 is 2.58 bits per heavy atom. The molecule has 0 aromatic rings. The van der Waals surface area contributed by atoms with Gasteiger partial charge in [-0.15, -0.1) is 0 Å². The predicted octanol–water partition coefficient (Wildman–Crippen LogP) is 2.97. The quantitative estimate of drug-likeness (QED) is 0.741. The smallest absolute Gasteiger partial charge is 0.334 e. The summed E-state index contributed by atoms with van der Waals surface area (Å²) in [6.07, 6.45) is 8.10. The van der Waals surface area contributed by atoms with Crippen molar-refractivity contribution in [3.8, 4) is 0 Å². The third-order valence-corrected chi connectivity index (χ3v) is 5.24. The van der Waals surface area contributed by atoms with Gasteiger partial charge in [-0.1, -0.05) is 24.8 Å². The molecule has 0 saturated heterocycles. The van der Waals surface area contributed by atoms with Gasteiger partial charge in [0, 0.05) is 17.9 Å². The van der Waals surface area contributed by atoms with Crippen LogP contribution >= 0.6 is 0 Å². The number of esters is 1. The lowest BCUT2D eigenvalue weighted by Crippen LogP contribution is -2.42. The van der Waals surface area contributed by atoms with Gasteiger partial charge in [0.2, 0.25) is 0 Å². The lowest BCUT2D eigenvalue weighted by atomic mass is 9.73. The molecule has 3 rings (SSSR count). The molecule has 2 aliphatic carbocycles. The molecule has 1 N–H and O–H groups in total. The maximum absolute atomic E-state index is 12.3. The van der Waals surface area contributed by atoms with Crippen molar-refractivity contribution >= 4 is 5.97 Å². The van der Waals surface area contributed by atoms with Crippen LogP contribution in [0.15, 0.2) is 11.1 Å². The van der Waals surface area contributed by atoms with Gasteiger partial charge in [0.1, 0.15) is 6.10 Å². The van der Waals surface area contributed by atoms with Crippen molar-refractivity contribution < 1.29 is 14.6 Å². The fraction of sp³-hybridized carbons (Fsp3) is 0.812. The summed E-state index contributed by atoms with van der Waals surface area (Å²) in [6.45, 7) is 2.12. The highest BCUT2D eigenvalue weighted by Gasteiger charge is 2.41. The molecule has 106 valence electrons. The van der Waals surface area contributed by atoms with E-state index in [4.69, 9.17) is 4.74 Å². The molecule has 0 aromatic carbocycles. The summed E-state index contributed by atoms with van der Waals surface area (Å²) in [7, 11) is 0. The summed E-state index contributed by atoms with van der Waals surface area (Å²) in [5.74, 6) is 0.687. The van der Waals surface area contributed by atoms with Gasteiger partial charge < -0.3 is 9.84 Å². The molecular formula is C16H24O3. The molecule has 0 amide bonds. The Balaban J connectivity index is 1.85. The first-order chi connectivity index (χ1) is 9.16. The van der Waals surface area contributed by atoms with Gasteiger partial charge in [0.15, 0.2) is 0 Å². The molecule has 1 heterocycles. The summed E-state index contributed by atoms with van der Waals surface area (Å²) in [5.41, 5.74) is 2.25. The maximum atomic E-state index is 12.3. The van der Waals surface area contributed by atoms with E-state index in [0.717, 1.165) is 31.3 Å². The van der Waals surface area contributed by atoms with E-state index in [0.29, 0.717) is 18.3 Å². The number of hydrogen-bond donors (Lipinski definition) is 1. The molecule has 3 nitrogen and oxygen atoms in total. The minimum Gasteiger partial charge on any atom is -0.458 e. The fourth-order valence-corrected chi connectivity index (χ4v) is 4.18. The highest BCUT2D eigenvalue weighted by atomic mass is 16.5. The van der Waals surface area contributed by atoms with Gasteiger partial charge in [0.25, 0.3) is 0 Å². The number of ether oxygens (including phenoxy) is 1. The molecule has 0 bridgehead atoms. The van der Waals surface area contributed by atoms with Gasteiger partial charge in [-0.2, -0.15) is 0 Å². The molecule has 1 aliphatic heterocycles. The Kier molecular flexibility index (Phi) is 3.66. The average Bonchev–Trinajstić information content (AvgIpc) is 2.39. The minimum atomic E-state index is -0.293. The summed E-state index contributed by atoms with van der Waals surface area (Å²) >= 11 is 0. The van der Waals surface area contributed by atoms with E-state index in [-0.39, 0.29) is 18.2 Å². The van der Waals surface area contributed by atoms with Crippen molar-refractivity contribution in [3.05, 3.63) is 11.1 Å². The van der Waals surface area contributed by atoms with Crippen LogP contribution in [0, 0.1) is 11.8 Å². The van der Waals surface area contributed by atoms with Crippen LogP contribution in [0.5, 0.6) is 0 Å². The molecule has 3 heteroatoms. The number of hydrogen-bond acceptors (Lipinski definition) is 3. The third-order valence-electron chi connectivity index (χ3n) is 5.24. The Hall–Kier alpha value is -0.830. The van der Waals surface area contributed by atoms with Crippen molar-refractivity contribution in [1.82, 2.24) is 0 Å². The topological polar surface area (TPSA) is 46.5 Å². The molecule has 3 unspecified atom stereocenters. The summed E-state index contributed by atoms with van der Waals surface area (Å²) in [5, 5.41) is 9.73. The van der Waals surface area contributed by atoms with Crippen molar-refractivity contribution in [3.63, 3.8) is 0 Å². The van der Waals surface area contributed by atoms with E-state index in [1.165, 1.54) is 24.8 Å². The van der Waals surface area contributed by atoms with E-state index >= 15 is 0 Å². The normalized spacial score (nSPS) is 36.9. The third kappa shape index (κ3) is 2.45. The van der Waals surface area contributed by atoms with Crippen LogP contribution in [0.2, 0.25) is 0 Å². The number of aliphatic hydroxyl groups is 1.